The number of benzene rings is 1. The van der Waals surface area contributed by atoms with E-state index in [4.69, 9.17) is 21.9 Å². The van der Waals surface area contributed by atoms with Crippen LogP contribution in [0, 0.1) is 0 Å². The van der Waals surface area contributed by atoms with E-state index in [0.717, 1.165) is 0 Å². The molecule has 1 aromatic carbocycles. The third kappa shape index (κ3) is 11.8. The molecule has 0 spiro atoms. The molecule has 272 valence electrons. The minimum absolute atomic E-state index is 0.0120. The number of phenolic OH excluding ortho intramolecular Hbond substituents is 1. The smallest absolute Gasteiger partial charge is 0.251 e. The lowest BCUT2D eigenvalue weighted by atomic mass is 9.94. The van der Waals surface area contributed by atoms with Crippen molar-refractivity contribution in [3.05, 3.63) is 29.8 Å². The largest absolute Gasteiger partial charge is 0.508 e. The number of nitrogens with two attached hydrogens (primary N) is 3. The van der Waals surface area contributed by atoms with E-state index in [1.807, 2.05) is 0 Å². The van der Waals surface area contributed by atoms with Gasteiger partial charge in [-0.15, -0.1) is 0 Å². The molecule has 0 bridgehead atoms. The van der Waals surface area contributed by atoms with Crippen molar-refractivity contribution in [3.63, 3.8) is 0 Å². The number of aliphatic hydroxyl groups is 3. The standard InChI is InChI=1S/C30H47N9O10/c31-13-20-22(42)23(43)24(44)25(49-20)29(48)34-10-2-1-4-18-27(46)38-17(5-3-11-35-30(32)33)26(45)36-14-21(41)37-19(28(47)39-18)12-15-6-8-16(40)9-7-15/h6-9,17-20,22-25,40,42-44H,1-5,10-14,31H2,(H,34,48)(H,36,45)(H,37,41)(H,38,46)(H,39,47)(H4,32,33,35)/t17-,18-,19+,20+,22+,23-,24-,25+/m0/s1. The van der Waals surface area contributed by atoms with Crippen LogP contribution in [-0.4, -0.2) is 131 Å². The summed E-state index contributed by atoms with van der Waals surface area (Å²) in [5, 5.41) is 52.8. The molecule has 1 aromatic rings. The molecule has 2 aliphatic heterocycles. The van der Waals surface area contributed by atoms with Crippen molar-refractivity contribution in [2.45, 2.75) is 87.2 Å². The molecule has 0 aromatic heterocycles. The number of guanidine groups is 1. The van der Waals surface area contributed by atoms with Gasteiger partial charge in [-0.05, 0) is 49.8 Å². The number of hydrogen-bond acceptors (Lipinski definition) is 12. The first-order valence-electron chi connectivity index (χ1n) is 16.0. The van der Waals surface area contributed by atoms with Crippen molar-refractivity contribution >= 4 is 35.5 Å². The summed E-state index contributed by atoms with van der Waals surface area (Å²) in [5.41, 5.74) is 16.9. The number of aromatic hydroxyl groups is 1. The molecule has 0 aliphatic carbocycles. The maximum Gasteiger partial charge on any atom is 0.251 e. The quantitative estimate of drug-likeness (QED) is 0.0522. The zero-order valence-electron chi connectivity index (χ0n) is 26.9. The molecule has 2 saturated heterocycles. The van der Waals surface area contributed by atoms with Gasteiger partial charge in [0, 0.05) is 26.1 Å². The van der Waals surface area contributed by atoms with Gasteiger partial charge in [-0.2, -0.15) is 0 Å². The van der Waals surface area contributed by atoms with Crippen molar-refractivity contribution < 1.29 is 49.1 Å². The number of ether oxygens (including phenoxy) is 1. The molecule has 0 saturated carbocycles. The van der Waals surface area contributed by atoms with Gasteiger partial charge in [0.15, 0.2) is 12.1 Å². The number of nitrogens with zero attached hydrogens (tertiary/aromatic N) is 1. The predicted octanol–water partition coefficient (Wildman–Crippen LogP) is -5.33. The Bertz CT molecular complexity index is 1330. The molecule has 19 nitrogen and oxygen atoms in total. The number of rotatable bonds is 13. The molecule has 0 unspecified atom stereocenters. The Morgan fingerprint density at radius 3 is 2.14 bits per heavy atom. The molecular weight excluding hydrogens is 646 g/mol. The number of aliphatic hydroxyl groups excluding tert-OH is 3. The Kier molecular flexibility index (Phi) is 15.0. The highest BCUT2D eigenvalue weighted by atomic mass is 16.5. The average molecular weight is 694 g/mol. The van der Waals surface area contributed by atoms with Crippen molar-refractivity contribution in [3.8, 4) is 5.75 Å². The minimum Gasteiger partial charge on any atom is -0.508 e. The summed E-state index contributed by atoms with van der Waals surface area (Å²) in [5.74, 6) is -3.45. The molecule has 19 heteroatoms. The Morgan fingerprint density at radius 1 is 0.857 bits per heavy atom. The molecule has 2 heterocycles. The second-order valence-corrected chi connectivity index (χ2v) is 11.9. The van der Waals surface area contributed by atoms with Crippen molar-refractivity contribution in [2.24, 2.45) is 22.2 Å². The van der Waals surface area contributed by atoms with Gasteiger partial charge in [0.25, 0.3) is 5.91 Å². The fraction of sp³-hybridized carbons (Fsp3) is 0.600. The van der Waals surface area contributed by atoms with Gasteiger partial charge >= 0.3 is 0 Å². The first kappa shape index (κ1) is 38.9. The van der Waals surface area contributed by atoms with Crippen molar-refractivity contribution in [1.82, 2.24) is 26.6 Å². The zero-order valence-corrected chi connectivity index (χ0v) is 26.9. The zero-order chi connectivity index (χ0) is 36.1. The van der Waals surface area contributed by atoms with Crippen LogP contribution >= 0.6 is 0 Å². The molecule has 3 rings (SSSR count). The third-order valence-electron chi connectivity index (χ3n) is 8.08. The van der Waals surface area contributed by atoms with E-state index in [-0.39, 0.29) is 57.0 Å². The topological polar surface area (TPSA) is 326 Å². The van der Waals surface area contributed by atoms with E-state index in [1.54, 1.807) is 12.1 Å². The predicted molar refractivity (Wildman–Crippen MR) is 173 cm³/mol. The van der Waals surface area contributed by atoms with Crippen LogP contribution in [0.3, 0.4) is 0 Å². The Hall–Kier alpha value is -4.56. The molecule has 49 heavy (non-hydrogen) atoms. The summed E-state index contributed by atoms with van der Waals surface area (Å²) in [6, 6.07) is 2.65. The van der Waals surface area contributed by atoms with Gasteiger partial charge in [-0.25, -0.2) is 0 Å². The monoisotopic (exact) mass is 693 g/mol. The van der Waals surface area contributed by atoms with Crippen LogP contribution in [0.25, 0.3) is 0 Å². The number of hydrogen-bond donors (Lipinski definition) is 12. The molecule has 0 radical (unpaired) electrons. The van der Waals surface area contributed by atoms with Crippen LogP contribution in [-0.2, 0) is 35.1 Å². The van der Waals surface area contributed by atoms with Gasteiger partial charge in [-0.3, -0.25) is 29.0 Å². The van der Waals surface area contributed by atoms with Gasteiger partial charge < -0.3 is 68.9 Å². The molecule has 15 N–H and O–H groups in total. The molecule has 5 amide bonds. The Labute approximate surface area is 282 Å². The van der Waals surface area contributed by atoms with E-state index >= 15 is 0 Å². The summed E-state index contributed by atoms with van der Waals surface area (Å²) in [4.78, 5) is 69.3. The van der Waals surface area contributed by atoms with E-state index in [9.17, 15) is 44.4 Å². The van der Waals surface area contributed by atoms with Crippen LogP contribution in [0.15, 0.2) is 29.3 Å². The highest BCUT2D eigenvalue weighted by Gasteiger charge is 2.46. The second kappa shape index (κ2) is 18.8. The maximum atomic E-state index is 13.5. The Morgan fingerprint density at radius 2 is 1.49 bits per heavy atom. The number of carbonyl (C=O) groups excluding carboxylic acids is 5. The van der Waals surface area contributed by atoms with E-state index in [0.29, 0.717) is 18.4 Å². The number of aliphatic imine (C=N–C) groups is 1. The first-order valence-corrected chi connectivity index (χ1v) is 16.0. The van der Waals surface area contributed by atoms with Crippen LogP contribution in [0.1, 0.15) is 37.7 Å². The lowest BCUT2D eigenvalue weighted by Crippen LogP contribution is -2.62. The van der Waals surface area contributed by atoms with Crippen molar-refractivity contribution in [1.29, 1.82) is 0 Å². The maximum absolute atomic E-state index is 13.5. The summed E-state index contributed by atoms with van der Waals surface area (Å²) < 4.78 is 5.38. The fourth-order valence-electron chi connectivity index (χ4n) is 5.35. The Balaban J connectivity index is 1.69. The van der Waals surface area contributed by atoms with Crippen LogP contribution in [0.5, 0.6) is 5.75 Å². The summed E-state index contributed by atoms with van der Waals surface area (Å²) in [7, 11) is 0. The van der Waals surface area contributed by atoms with E-state index in [1.165, 1.54) is 12.1 Å². The summed E-state index contributed by atoms with van der Waals surface area (Å²) >= 11 is 0. The second-order valence-electron chi connectivity index (χ2n) is 11.9. The highest BCUT2D eigenvalue weighted by Crippen LogP contribution is 2.21. The number of amides is 5. The molecule has 2 fully saturated rings. The van der Waals surface area contributed by atoms with Gasteiger partial charge in [0.1, 0.15) is 42.2 Å². The SMILES string of the molecule is NC[C@H]1O[C@@H](C(=O)NCCCC[C@@H]2NC(=O)[C@@H](Cc3ccc(O)cc3)NC(=O)CNC(=O)[C@H](CCCN=C(N)N)NC2=O)[C@@H](O)[C@@H](O)[C@@H]1O. The molecule has 2 aliphatic rings. The van der Waals surface area contributed by atoms with Crippen LogP contribution in [0.4, 0.5) is 0 Å². The number of unbranched alkanes of at least 4 members (excludes halogenated alkanes) is 1. The van der Waals surface area contributed by atoms with Crippen molar-refractivity contribution in [2.75, 3.05) is 26.2 Å². The van der Waals surface area contributed by atoms with Gasteiger partial charge in [0.05, 0.1) is 12.6 Å². The molecular formula is C30H47N9O10. The van der Waals surface area contributed by atoms with Gasteiger partial charge in [0.2, 0.25) is 23.6 Å². The lowest BCUT2D eigenvalue weighted by molar-refractivity contribution is -0.217. The normalized spacial score (nSPS) is 28.1. The van der Waals surface area contributed by atoms with E-state index < -0.39 is 84.7 Å². The fourth-order valence-corrected chi connectivity index (χ4v) is 5.35. The third-order valence-corrected chi connectivity index (χ3v) is 8.08. The number of carbonyl (C=O) groups is 5. The number of phenols is 1. The average Bonchev–Trinajstić information content (AvgIpc) is 3.06. The highest BCUT2D eigenvalue weighted by molar-refractivity contribution is 5.96. The summed E-state index contributed by atoms with van der Waals surface area (Å²) in [6.45, 7) is -0.400. The van der Waals surface area contributed by atoms with Gasteiger partial charge in [-0.1, -0.05) is 12.1 Å². The molecule has 8 atom stereocenters. The first-order chi connectivity index (χ1) is 23.3. The number of nitrogens with one attached hydrogen (secondary N) is 5. The summed E-state index contributed by atoms with van der Waals surface area (Å²) in [6.07, 6.45) is -6.21. The lowest BCUT2D eigenvalue weighted by Gasteiger charge is -2.39. The minimum atomic E-state index is -1.69. The van der Waals surface area contributed by atoms with Crippen LogP contribution < -0.4 is 43.8 Å². The van der Waals surface area contributed by atoms with E-state index in [2.05, 4.69) is 31.6 Å². The van der Waals surface area contributed by atoms with Crippen LogP contribution in [0.2, 0.25) is 0 Å².